The maximum Gasteiger partial charge on any atom is 0.273 e. The molecule has 21 heavy (non-hydrogen) atoms. The number of nitrogens with zero attached hydrogens (tertiary/aromatic N) is 4. The molecule has 1 N–H and O–H groups in total. The molecule has 1 atom stereocenters. The Morgan fingerprint density at radius 3 is 3.05 bits per heavy atom. The van der Waals surface area contributed by atoms with Crippen molar-refractivity contribution in [3.8, 4) is 0 Å². The van der Waals surface area contributed by atoms with Crippen LogP contribution in [-0.4, -0.2) is 52.5 Å². The lowest BCUT2D eigenvalue weighted by Gasteiger charge is -2.32. The average molecular weight is 305 g/mol. The minimum absolute atomic E-state index is 0.0700. The first-order chi connectivity index (χ1) is 10.3. The van der Waals surface area contributed by atoms with Gasteiger partial charge in [-0.05, 0) is 0 Å². The highest BCUT2D eigenvalue weighted by atomic mass is 32.1. The molecule has 0 bridgehead atoms. The number of aromatic nitrogens is 3. The topological polar surface area (TPSA) is 80.2 Å². The second-order valence-corrected chi connectivity index (χ2v) is 5.24. The predicted molar refractivity (Wildman–Crippen MR) is 78.3 cm³/mol. The maximum absolute atomic E-state index is 12.4. The van der Waals surface area contributed by atoms with E-state index in [2.05, 4.69) is 20.3 Å². The molecule has 0 radical (unpaired) electrons. The summed E-state index contributed by atoms with van der Waals surface area (Å²) in [5.41, 5.74) is 2.86. The molecule has 3 rings (SSSR count). The summed E-state index contributed by atoms with van der Waals surface area (Å²) in [6, 6.07) is 0. The zero-order valence-corrected chi connectivity index (χ0v) is 12.3. The van der Waals surface area contributed by atoms with Crippen LogP contribution in [-0.2, 0) is 4.74 Å². The summed E-state index contributed by atoms with van der Waals surface area (Å²) in [5.74, 6) is 0.602. The first-order valence-electron chi connectivity index (χ1n) is 6.57. The number of morpholine rings is 1. The van der Waals surface area contributed by atoms with E-state index in [1.165, 1.54) is 11.3 Å². The summed E-state index contributed by atoms with van der Waals surface area (Å²) in [5, 5.41) is 4.75. The van der Waals surface area contributed by atoms with Crippen LogP contribution in [0.4, 0.5) is 5.82 Å². The lowest BCUT2D eigenvalue weighted by atomic mass is 10.2. The standard InChI is InChI=1S/C13H15N5O2S/c1-14-12-11(15-2-3-16-12)10-6-18(4-5-20-10)13(19)9-7-21-8-17-9/h2-3,7-8,10H,4-6H2,1H3,(H,14,16). The SMILES string of the molecule is CNc1nccnc1C1CN(C(=O)c2cscn2)CCO1. The summed E-state index contributed by atoms with van der Waals surface area (Å²) in [6.45, 7) is 1.48. The van der Waals surface area contributed by atoms with E-state index in [0.717, 1.165) is 5.69 Å². The monoisotopic (exact) mass is 305 g/mol. The summed E-state index contributed by atoms with van der Waals surface area (Å²) in [6.07, 6.45) is 2.97. The number of thiazole rings is 1. The van der Waals surface area contributed by atoms with Gasteiger partial charge in [-0.2, -0.15) is 0 Å². The van der Waals surface area contributed by atoms with Gasteiger partial charge in [0.15, 0.2) is 0 Å². The molecule has 0 aliphatic carbocycles. The molecule has 1 fully saturated rings. The van der Waals surface area contributed by atoms with Crippen molar-refractivity contribution >= 4 is 23.1 Å². The van der Waals surface area contributed by atoms with Crippen LogP contribution in [0.1, 0.15) is 22.3 Å². The molecule has 1 saturated heterocycles. The highest BCUT2D eigenvalue weighted by Crippen LogP contribution is 2.25. The van der Waals surface area contributed by atoms with E-state index < -0.39 is 0 Å². The molecular formula is C13H15N5O2S. The van der Waals surface area contributed by atoms with Gasteiger partial charge in [-0.1, -0.05) is 0 Å². The first kappa shape index (κ1) is 13.9. The zero-order valence-electron chi connectivity index (χ0n) is 11.5. The van der Waals surface area contributed by atoms with E-state index in [1.54, 1.807) is 35.2 Å². The number of carbonyl (C=O) groups is 1. The lowest BCUT2D eigenvalue weighted by Crippen LogP contribution is -2.42. The minimum atomic E-state index is -0.280. The Morgan fingerprint density at radius 1 is 1.43 bits per heavy atom. The lowest BCUT2D eigenvalue weighted by molar-refractivity contribution is -0.0246. The average Bonchev–Trinajstić information content (AvgIpc) is 3.08. The van der Waals surface area contributed by atoms with E-state index in [1.807, 2.05) is 0 Å². The zero-order chi connectivity index (χ0) is 14.7. The van der Waals surface area contributed by atoms with Crippen LogP contribution >= 0.6 is 11.3 Å². The Labute approximate surface area is 126 Å². The summed E-state index contributed by atoms with van der Waals surface area (Å²) >= 11 is 1.41. The number of hydrogen-bond donors (Lipinski definition) is 1. The normalized spacial score (nSPS) is 18.5. The molecule has 2 aromatic rings. The van der Waals surface area contributed by atoms with Crippen molar-refractivity contribution in [2.24, 2.45) is 0 Å². The van der Waals surface area contributed by atoms with Crippen molar-refractivity contribution in [1.82, 2.24) is 19.9 Å². The van der Waals surface area contributed by atoms with Gasteiger partial charge in [-0.3, -0.25) is 9.78 Å². The van der Waals surface area contributed by atoms with Crippen LogP contribution in [0, 0.1) is 0 Å². The minimum Gasteiger partial charge on any atom is -0.372 e. The number of anilines is 1. The fourth-order valence-corrected chi connectivity index (χ4v) is 2.78. The number of carbonyl (C=O) groups excluding carboxylic acids is 1. The van der Waals surface area contributed by atoms with E-state index >= 15 is 0 Å². The molecule has 0 aromatic carbocycles. The Balaban J connectivity index is 1.78. The molecule has 1 amide bonds. The van der Waals surface area contributed by atoms with Crippen molar-refractivity contribution in [2.75, 3.05) is 32.1 Å². The van der Waals surface area contributed by atoms with Crippen LogP contribution in [0.25, 0.3) is 0 Å². The van der Waals surface area contributed by atoms with Gasteiger partial charge in [-0.15, -0.1) is 11.3 Å². The van der Waals surface area contributed by atoms with Crippen LogP contribution in [0.2, 0.25) is 0 Å². The quantitative estimate of drug-likeness (QED) is 0.917. The molecule has 7 nitrogen and oxygen atoms in total. The smallest absolute Gasteiger partial charge is 0.273 e. The Hall–Kier alpha value is -2.06. The number of rotatable bonds is 3. The van der Waals surface area contributed by atoms with Gasteiger partial charge >= 0.3 is 0 Å². The van der Waals surface area contributed by atoms with E-state index in [4.69, 9.17) is 4.74 Å². The molecule has 1 unspecified atom stereocenters. The fraction of sp³-hybridized carbons (Fsp3) is 0.385. The Bertz CT molecular complexity index is 619. The molecule has 1 aliphatic rings. The number of ether oxygens (including phenoxy) is 1. The maximum atomic E-state index is 12.4. The molecule has 110 valence electrons. The van der Waals surface area contributed by atoms with Crippen LogP contribution in [0.15, 0.2) is 23.3 Å². The van der Waals surface area contributed by atoms with E-state index in [-0.39, 0.29) is 12.0 Å². The third kappa shape index (κ3) is 2.86. The molecule has 0 spiro atoms. The Morgan fingerprint density at radius 2 is 2.29 bits per heavy atom. The van der Waals surface area contributed by atoms with Gasteiger partial charge in [-0.25, -0.2) is 9.97 Å². The highest BCUT2D eigenvalue weighted by Gasteiger charge is 2.29. The summed E-state index contributed by atoms with van der Waals surface area (Å²) < 4.78 is 5.75. The Kier molecular flexibility index (Phi) is 4.07. The molecule has 0 saturated carbocycles. The molecule has 8 heteroatoms. The van der Waals surface area contributed by atoms with Crippen molar-refractivity contribution in [3.63, 3.8) is 0 Å². The third-order valence-corrected chi connectivity index (χ3v) is 3.86. The van der Waals surface area contributed by atoms with Gasteiger partial charge in [0.2, 0.25) is 0 Å². The second kappa shape index (κ2) is 6.15. The van der Waals surface area contributed by atoms with Crippen LogP contribution < -0.4 is 5.32 Å². The number of nitrogens with one attached hydrogen (secondary N) is 1. The molecule has 3 heterocycles. The first-order valence-corrected chi connectivity index (χ1v) is 7.51. The van der Waals surface area contributed by atoms with Crippen molar-refractivity contribution < 1.29 is 9.53 Å². The predicted octanol–water partition coefficient (Wildman–Crippen LogP) is 1.19. The van der Waals surface area contributed by atoms with Gasteiger partial charge in [0.1, 0.15) is 23.3 Å². The van der Waals surface area contributed by atoms with Gasteiger partial charge < -0.3 is 15.0 Å². The van der Waals surface area contributed by atoms with Crippen molar-refractivity contribution in [3.05, 3.63) is 34.7 Å². The van der Waals surface area contributed by atoms with Crippen LogP contribution in [0.5, 0.6) is 0 Å². The number of amides is 1. The van der Waals surface area contributed by atoms with Gasteiger partial charge in [0.05, 0.1) is 18.7 Å². The highest BCUT2D eigenvalue weighted by molar-refractivity contribution is 7.07. The third-order valence-electron chi connectivity index (χ3n) is 3.27. The second-order valence-electron chi connectivity index (χ2n) is 4.52. The van der Waals surface area contributed by atoms with E-state index in [0.29, 0.717) is 31.2 Å². The molecule has 2 aromatic heterocycles. The van der Waals surface area contributed by atoms with Gasteiger partial charge in [0.25, 0.3) is 5.91 Å². The number of hydrogen-bond acceptors (Lipinski definition) is 7. The van der Waals surface area contributed by atoms with Crippen molar-refractivity contribution in [2.45, 2.75) is 6.10 Å². The largest absolute Gasteiger partial charge is 0.372 e. The molecular weight excluding hydrogens is 290 g/mol. The van der Waals surface area contributed by atoms with Crippen LogP contribution in [0.3, 0.4) is 0 Å². The molecule has 1 aliphatic heterocycles. The van der Waals surface area contributed by atoms with Gasteiger partial charge in [0, 0.05) is 31.4 Å². The summed E-state index contributed by atoms with van der Waals surface area (Å²) in [7, 11) is 1.79. The van der Waals surface area contributed by atoms with E-state index in [9.17, 15) is 4.79 Å². The van der Waals surface area contributed by atoms with Crippen molar-refractivity contribution in [1.29, 1.82) is 0 Å². The fourth-order valence-electron chi connectivity index (χ4n) is 2.26. The summed E-state index contributed by atoms with van der Waals surface area (Å²) in [4.78, 5) is 26.7.